The largest absolute Gasteiger partial charge is 0.493 e. The Labute approximate surface area is 167 Å². The van der Waals surface area contributed by atoms with Crippen molar-refractivity contribution in [3.05, 3.63) is 60.2 Å². The number of para-hydroxylation sites is 2. The average Bonchev–Trinajstić information content (AvgIpc) is 3.03. The Morgan fingerprint density at radius 1 is 1.21 bits per heavy atom. The van der Waals surface area contributed by atoms with Gasteiger partial charge in [0, 0.05) is 17.7 Å². The van der Waals surface area contributed by atoms with Crippen LogP contribution in [-0.2, 0) is 9.59 Å². The molecule has 0 spiro atoms. The lowest BCUT2D eigenvalue weighted by molar-refractivity contribution is -0.122. The molecule has 1 fully saturated rings. The van der Waals surface area contributed by atoms with Crippen molar-refractivity contribution >= 4 is 40.6 Å². The topological polar surface area (TPSA) is 92.2 Å². The molecule has 8 heteroatoms. The molecular formula is C20H20N4O3S. The number of carbonyl (C=O) groups excluding carboxylic acids is 2. The molecule has 1 atom stereocenters. The van der Waals surface area contributed by atoms with Gasteiger partial charge >= 0.3 is 0 Å². The van der Waals surface area contributed by atoms with Crippen LogP contribution in [0.2, 0.25) is 0 Å². The Hall–Kier alpha value is -3.13. The Morgan fingerprint density at radius 3 is 2.75 bits per heavy atom. The minimum absolute atomic E-state index is 0.0568. The molecule has 0 saturated carbocycles. The fourth-order valence-electron chi connectivity index (χ4n) is 2.51. The van der Waals surface area contributed by atoms with E-state index in [1.54, 1.807) is 18.3 Å². The molecular weight excluding hydrogens is 376 g/mol. The highest BCUT2D eigenvalue weighted by Crippen LogP contribution is 2.23. The third kappa shape index (κ3) is 5.43. The second-order valence-electron chi connectivity index (χ2n) is 5.83. The molecule has 2 aromatic carbocycles. The summed E-state index contributed by atoms with van der Waals surface area (Å²) in [5.41, 5.74) is 1.49. The van der Waals surface area contributed by atoms with Gasteiger partial charge in [-0.1, -0.05) is 42.1 Å². The Kier molecular flexibility index (Phi) is 6.80. The van der Waals surface area contributed by atoms with E-state index in [2.05, 4.69) is 20.8 Å². The average molecular weight is 396 g/mol. The number of benzene rings is 2. The van der Waals surface area contributed by atoms with E-state index in [-0.39, 0.29) is 18.2 Å². The van der Waals surface area contributed by atoms with Crippen LogP contribution in [0.4, 0.5) is 5.69 Å². The lowest BCUT2D eigenvalue weighted by Crippen LogP contribution is -2.28. The van der Waals surface area contributed by atoms with Gasteiger partial charge in [0.05, 0.1) is 12.8 Å². The van der Waals surface area contributed by atoms with Gasteiger partial charge < -0.3 is 15.4 Å². The monoisotopic (exact) mass is 396 g/mol. The summed E-state index contributed by atoms with van der Waals surface area (Å²) in [4.78, 5) is 24.2. The molecule has 0 radical (unpaired) electrons. The molecule has 144 valence electrons. The van der Waals surface area contributed by atoms with Crippen molar-refractivity contribution in [3.8, 4) is 5.75 Å². The van der Waals surface area contributed by atoms with Crippen molar-refractivity contribution in [3.63, 3.8) is 0 Å². The Morgan fingerprint density at radius 2 is 1.96 bits per heavy atom. The number of amides is 2. The number of thioether (sulfide) groups is 1. The molecule has 0 aliphatic carbocycles. The van der Waals surface area contributed by atoms with Gasteiger partial charge in [0.2, 0.25) is 11.8 Å². The maximum atomic E-state index is 12.1. The first-order valence-corrected chi connectivity index (χ1v) is 9.69. The number of anilines is 1. The summed E-state index contributed by atoms with van der Waals surface area (Å²) in [6.45, 7) is 2.46. The number of carbonyl (C=O) groups is 2. The van der Waals surface area contributed by atoms with E-state index >= 15 is 0 Å². The van der Waals surface area contributed by atoms with Gasteiger partial charge in [-0.25, -0.2) is 0 Å². The van der Waals surface area contributed by atoms with Crippen LogP contribution in [0.15, 0.2) is 64.8 Å². The minimum Gasteiger partial charge on any atom is -0.493 e. The zero-order chi connectivity index (χ0) is 19.8. The third-order valence-corrected chi connectivity index (χ3v) is 4.84. The second-order valence-corrected chi connectivity index (χ2v) is 7.03. The van der Waals surface area contributed by atoms with Gasteiger partial charge in [-0.15, -0.1) is 5.10 Å². The van der Waals surface area contributed by atoms with Gasteiger partial charge in [-0.3, -0.25) is 9.59 Å². The fraction of sp³-hybridized carbons (Fsp3) is 0.200. The van der Waals surface area contributed by atoms with Crippen LogP contribution in [0.3, 0.4) is 0 Å². The molecule has 2 N–H and O–H groups in total. The predicted octanol–water partition coefficient (Wildman–Crippen LogP) is 3.04. The number of hydrogen-bond donors (Lipinski definition) is 2. The van der Waals surface area contributed by atoms with Crippen LogP contribution >= 0.6 is 11.8 Å². The molecule has 1 aliphatic rings. The van der Waals surface area contributed by atoms with Crippen molar-refractivity contribution < 1.29 is 14.3 Å². The Bertz CT molecular complexity index is 899. The first-order chi connectivity index (χ1) is 13.7. The highest BCUT2D eigenvalue weighted by atomic mass is 32.2. The zero-order valence-corrected chi connectivity index (χ0v) is 16.1. The van der Waals surface area contributed by atoms with Crippen LogP contribution < -0.4 is 15.4 Å². The third-order valence-electron chi connectivity index (χ3n) is 3.77. The number of nitrogens with one attached hydrogen (secondary N) is 2. The molecule has 0 bridgehead atoms. The van der Waals surface area contributed by atoms with Crippen LogP contribution in [-0.4, -0.2) is 35.1 Å². The highest BCUT2D eigenvalue weighted by molar-refractivity contribution is 8.15. The zero-order valence-electron chi connectivity index (χ0n) is 15.3. The summed E-state index contributed by atoms with van der Waals surface area (Å²) in [6.07, 6.45) is 1.63. The van der Waals surface area contributed by atoms with E-state index < -0.39 is 5.25 Å². The highest BCUT2D eigenvalue weighted by Gasteiger charge is 2.32. The van der Waals surface area contributed by atoms with E-state index in [0.717, 1.165) is 5.56 Å². The molecule has 1 aliphatic heterocycles. The van der Waals surface area contributed by atoms with E-state index in [0.29, 0.717) is 23.2 Å². The SMILES string of the molecule is CCOc1ccccc1/C=N\N=C1/NC(=O)[C@@H](CC(=O)Nc2ccccc2)S1. The van der Waals surface area contributed by atoms with E-state index in [4.69, 9.17) is 4.74 Å². The Balaban J connectivity index is 1.57. The van der Waals surface area contributed by atoms with Crippen molar-refractivity contribution in [1.82, 2.24) is 5.32 Å². The predicted molar refractivity (Wildman–Crippen MR) is 112 cm³/mol. The van der Waals surface area contributed by atoms with Crippen molar-refractivity contribution in [2.45, 2.75) is 18.6 Å². The molecule has 28 heavy (non-hydrogen) atoms. The molecule has 7 nitrogen and oxygen atoms in total. The number of ether oxygens (including phenoxy) is 1. The lowest BCUT2D eigenvalue weighted by Gasteiger charge is -2.06. The summed E-state index contributed by atoms with van der Waals surface area (Å²) in [5.74, 6) is 0.235. The lowest BCUT2D eigenvalue weighted by atomic mass is 10.2. The summed E-state index contributed by atoms with van der Waals surface area (Å²) < 4.78 is 5.53. The maximum Gasteiger partial charge on any atom is 0.240 e. The first kappa shape index (κ1) is 19.6. The minimum atomic E-state index is -0.534. The van der Waals surface area contributed by atoms with Crippen LogP contribution in [0.1, 0.15) is 18.9 Å². The molecule has 0 aromatic heterocycles. The molecule has 2 amide bonds. The summed E-state index contributed by atoms with van der Waals surface area (Å²) in [6, 6.07) is 16.6. The van der Waals surface area contributed by atoms with Crippen LogP contribution in [0.25, 0.3) is 0 Å². The van der Waals surface area contributed by atoms with E-state index in [9.17, 15) is 9.59 Å². The first-order valence-electron chi connectivity index (χ1n) is 8.81. The second kappa shape index (κ2) is 9.70. The van der Waals surface area contributed by atoms with Crippen molar-refractivity contribution in [1.29, 1.82) is 0 Å². The van der Waals surface area contributed by atoms with E-state index in [1.807, 2.05) is 49.4 Å². The van der Waals surface area contributed by atoms with Crippen molar-refractivity contribution in [2.24, 2.45) is 10.2 Å². The van der Waals surface area contributed by atoms with Crippen LogP contribution in [0.5, 0.6) is 5.75 Å². The molecule has 1 saturated heterocycles. The summed E-state index contributed by atoms with van der Waals surface area (Å²) in [7, 11) is 0. The molecule has 1 heterocycles. The summed E-state index contributed by atoms with van der Waals surface area (Å²) >= 11 is 1.19. The quantitative estimate of drug-likeness (QED) is 0.556. The van der Waals surface area contributed by atoms with Crippen LogP contribution in [0, 0.1) is 0 Å². The normalized spacial score (nSPS) is 17.7. The number of amidine groups is 1. The number of nitrogens with zero attached hydrogens (tertiary/aromatic N) is 2. The number of hydrogen-bond acceptors (Lipinski definition) is 6. The smallest absolute Gasteiger partial charge is 0.240 e. The van der Waals surface area contributed by atoms with Gasteiger partial charge in [0.1, 0.15) is 11.0 Å². The standard InChI is InChI=1S/C20H20N4O3S/c1-2-27-16-11-7-6-8-14(16)13-21-24-20-23-19(26)17(28-20)12-18(25)22-15-9-4-3-5-10-15/h3-11,13,17H,2,12H2,1H3,(H,22,25)(H,23,24,26)/b21-13-/t17-/m1/s1. The fourth-order valence-corrected chi connectivity index (χ4v) is 3.43. The van der Waals surface area contributed by atoms with Gasteiger partial charge in [-0.05, 0) is 31.2 Å². The molecule has 2 aromatic rings. The summed E-state index contributed by atoms with van der Waals surface area (Å²) in [5, 5.41) is 13.3. The number of rotatable bonds is 7. The van der Waals surface area contributed by atoms with Gasteiger partial charge in [-0.2, -0.15) is 5.10 Å². The molecule has 0 unspecified atom stereocenters. The van der Waals surface area contributed by atoms with Gasteiger partial charge in [0.25, 0.3) is 0 Å². The molecule has 3 rings (SSSR count). The van der Waals surface area contributed by atoms with Gasteiger partial charge in [0.15, 0.2) is 5.17 Å². The van der Waals surface area contributed by atoms with E-state index in [1.165, 1.54) is 11.8 Å². The maximum absolute atomic E-state index is 12.1. The van der Waals surface area contributed by atoms with Crippen molar-refractivity contribution in [2.75, 3.05) is 11.9 Å².